The molecule has 0 bridgehead atoms. The molecule has 0 aliphatic heterocycles. The number of hydrogen-bond donors (Lipinski definition) is 4. The highest BCUT2D eigenvalue weighted by Crippen LogP contribution is 1.92. The van der Waals surface area contributed by atoms with E-state index < -0.39 is 17.6 Å². The fourth-order valence-electron chi connectivity index (χ4n) is 0.233. The molecule has 52 valence electrons. The summed E-state index contributed by atoms with van der Waals surface area (Å²) in [5, 5.41) is 8.02. The van der Waals surface area contributed by atoms with Crippen LogP contribution in [-0.4, -0.2) is 11.1 Å². The van der Waals surface area contributed by atoms with Crippen molar-refractivity contribution in [2.45, 2.75) is 0 Å². The van der Waals surface area contributed by atoms with E-state index in [4.69, 9.17) is 5.11 Å². The van der Waals surface area contributed by atoms with Crippen LogP contribution in [0, 0.1) is 0 Å². The highest BCUT2D eigenvalue weighted by Gasteiger charge is 2.09. The molecule has 6 heteroatoms. The number of nitrogens with one attached hydrogen (secondary N) is 1. The van der Waals surface area contributed by atoms with Gasteiger partial charge >= 0.3 is 5.97 Å². The molecule has 0 saturated carbocycles. The number of hydrazine groups is 1. The van der Waals surface area contributed by atoms with Gasteiger partial charge < -0.3 is 16.3 Å². The summed E-state index contributed by atoms with van der Waals surface area (Å²) >= 11 is 0. The maximum atomic E-state index is 11.8. The molecule has 0 atom stereocenters. The smallest absolute Gasteiger partial charge is 0.358 e. The van der Waals surface area contributed by atoms with Crippen LogP contribution in [0.2, 0.25) is 0 Å². The number of aliphatic carboxylic acids is 1. The van der Waals surface area contributed by atoms with Gasteiger partial charge in [-0.05, 0) is 0 Å². The normalized spacial score (nSPS) is 12.2. The van der Waals surface area contributed by atoms with Crippen LogP contribution in [0.25, 0.3) is 0 Å². The van der Waals surface area contributed by atoms with Crippen molar-refractivity contribution in [1.82, 2.24) is 5.43 Å². The Bertz CT molecular complexity index is 151. The molecule has 5 nitrogen and oxygen atoms in total. The second-order valence-electron chi connectivity index (χ2n) is 1.17. The van der Waals surface area contributed by atoms with Gasteiger partial charge in [-0.15, -0.1) is 0 Å². The Labute approximate surface area is 50.1 Å². The maximum Gasteiger partial charge on any atom is 0.358 e. The van der Waals surface area contributed by atoms with Gasteiger partial charge in [0, 0.05) is 0 Å². The van der Waals surface area contributed by atoms with Crippen molar-refractivity contribution < 1.29 is 14.3 Å². The van der Waals surface area contributed by atoms with Gasteiger partial charge in [0.05, 0.1) is 0 Å². The van der Waals surface area contributed by atoms with Crippen LogP contribution >= 0.6 is 0 Å². The minimum absolute atomic E-state index is 0.838. The van der Waals surface area contributed by atoms with Gasteiger partial charge in [0.2, 0.25) is 5.95 Å². The summed E-state index contributed by atoms with van der Waals surface area (Å²) in [6.45, 7) is 0. The lowest BCUT2D eigenvalue weighted by Crippen LogP contribution is -2.29. The molecule has 9 heavy (non-hydrogen) atoms. The third kappa shape index (κ3) is 1.96. The number of nitrogens with two attached hydrogens (primary N) is 2. The Kier molecular flexibility index (Phi) is 2.46. The molecule has 6 N–H and O–H groups in total. The zero-order valence-corrected chi connectivity index (χ0v) is 4.39. The number of carboxylic acids is 1. The molecular formula is C3H6FN3O2. The molecule has 0 saturated heterocycles. The first kappa shape index (κ1) is 7.70. The molecule has 0 aliphatic rings. The third-order valence-corrected chi connectivity index (χ3v) is 0.597. The van der Waals surface area contributed by atoms with Gasteiger partial charge in [-0.2, -0.15) is 4.39 Å². The van der Waals surface area contributed by atoms with Crippen molar-refractivity contribution in [3.63, 3.8) is 0 Å². The molecule has 0 aromatic heterocycles. The summed E-state index contributed by atoms with van der Waals surface area (Å²) < 4.78 is 11.8. The number of carboxylic acid groups (broad SMARTS) is 1. The lowest BCUT2D eigenvalue weighted by molar-refractivity contribution is -0.133. The molecule has 0 aromatic carbocycles. The highest BCUT2D eigenvalue weighted by atomic mass is 19.1. The maximum absolute atomic E-state index is 11.8. The standard InChI is InChI=1S/C3H6FN3O2/c4-2(5)1(7-6)3(8)9/h7H,5-6H2,(H,8,9)/b2-1-. The summed E-state index contributed by atoms with van der Waals surface area (Å²) in [7, 11) is 0. The minimum Gasteiger partial charge on any atom is -0.476 e. The Hall–Kier alpha value is -1.30. The van der Waals surface area contributed by atoms with Crippen molar-refractivity contribution >= 4 is 5.97 Å². The molecular weight excluding hydrogens is 129 g/mol. The average Bonchev–Trinajstić information content (AvgIpc) is 1.64. The molecule has 0 aliphatic carbocycles. The van der Waals surface area contributed by atoms with Crippen molar-refractivity contribution in [2.75, 3.05) is 0 Å². The van der Waals surface area contributed by atoms with Crippen molar-refractivity contribution in [1.29, 1.82) is 0 Å². The summed E-state index contributed by atoms with van der Waals surface area (Å²) in [5.74, 6) is 1.69. The molecule has 0 amide bonds. The van der Waals surface area contributed by atoms with Crippen molar-refractivity contribution in [2.24, 2.45) is 11.6 Å². The topological polar surface area (TPSA) is 101 Å². The van der Waals surface area contributed by atoms with Gasteiger partial charge in [0.1, 0.15) is 0 Å². The van der Waals surface area contributed by atoms with Crippen LogP contribution in [0.15, 0.2) is 11.6 Å². The highest BCUT2D eigenvalue weighted by molar-refractivity contribution is 5.86. The van der Waals surface area contributed by atoms with Crippen LogP contribution in [0.1, 0.15) is 0 Å². The van der Waals surface area contributed by atoms with E-state index in [2.05, 4.69) is 11.6 Å². The first-order valence-electron chi connectivity index (χ1n) is 1.94. The van der Waals surface area contributed by atoms with Crippen LogP contribution < -0.4 is 17.0 Å². The number of hydrogen-bond acceptors (Lipinski definition) is 4. The molecule has 0 fully saturated rings. The molecule has 0 aromatic rings. The van der Waals surface area contributed by atoms with Gasteiger partial charge in [0.25, 0.3) is 0 Å². The van der Waals surface area contributed by atoms with E-state index in [-0.39, 0.29) is 0 Å². The van der Waals surface area contributed by atoms with E-state index in [1.165, 1.54) is 0 Å². The average molecular weight is 135 g/mol. The molecule has 0 rings (SSSR count). The van der Waals surface area contributed by atoms with E-state index in [0.29, 0.717) is 0 Å². The summed E-state index contributed by atoms with van der Waals surface area (Å²) in [4.78, 5) is 9.85. The monoisotopic (exact) mass is 135 g/mol. The van der Waals surface area contributed by atoms with Gasteiger partial charge in [-0.1, -0.05) is 0 Å². The molecule has 0 heterocycles. The molecule has 0 unspecified atom stereocenters. The predicted molar refractivity (Wildman–Crippen MR) is 27.3 cm³/mol. The number of halogens is 1. The SMILES string of the molecule is NN/C(C(=O)O)=C(\N)F. The largest absolute Gasteiger partial charge is 0.476 e. The Balaban J connectivity index is 4.35. The fraction of sp³-hybridized carbons (Fsp3) is 0. The first-order chi connectivity index (χ1) is 4.09. The van der Waals surface area contributed by atoms with Crippen LogP contribution in [-0.2, 0) is 4.79 Å². The van der Waals surface area contributed by atoms with Crippen LogP contribution in [0.5, 0.6) is 0 Å². The fourth-order valence-corrected chi connectivity index (χ4v) is 0.233. The van der Waals surface area contributed by atoms with Crippen LogP contribution in [0.4, 0.5) is 4.39 Å². The van der Waals surface area contributed by atoms with Crippen LogP contribution in [0.3, 0.4) is 0 Å². The van der Waals surface area contributed by atoms with Gasteiger partial charge in [-0.25, -0.2) is 4.79 Å². The summed E-state index contributed by atoms with van der Waals surface area (Å²) in [6, 6.07) is 0. The Morgan fingerprint density at radius 2 is 2.11 bits per heavy atom. The minimum atomic E-state index is -1.53. The Morgan fingerprint density at radius 3 is 2.11 bits per heavy atom. The number of rotatable bonds is 2. The van der Waals surface area contributed by atoms with E-state index in [0.717, 1.165) is 0 Å². The van der Waals surface area contributed by atoms with E-state index in [1.54, 1.807) is 5.43 Å². The van der Waals surface area contributed by atoms with Gasteiger partial charge in [0.15, 0.2) is 5.70 Å². The van der Waals surface area contributed by atoms with E-state index >= 15 is 0 Å². The summed E-state index contributed by atoms with van der Waals surface area (Å²) in [6.07, 6.45) is 0. The number of carbonyl (C=O) groups is 1. The second-order valence-corrected chi connectivity index (χ2v) is 1.17. The Morgan fingerprint density at radius 1 is 1.67 bits per heavy atom. The molecule has 0 radical (unpaired) electrons. The zero-order chi connectivity index (χ0) is 7.44. The third-order valence-electron chi connectivity index (χ3n) is 0.597. The van der Waals surface area contributed by atoms with Crippen molar-refractivity contribution in [3.8, 4) is 0 Å². The lowest BCUT2D eigenvalue weighted by atomic mass is 10.5. The second kappa shape index (κ2) is 2.88. The predicted octanol–water partition coefficient (Wildman–Crippen LogP) is -1.37. The van der Waals surface area contributed by atoms with Gasteiger partial charge in [-0.3, -0.25) is 5.84 Å². The lowest BCUT2D eigenvalue weighted by Gasteiger charge is -1.97. The van der Waals surface area contributed by atoms with E-state index in [9.17, 15) is 9.18 Å². The summed E-state index contributed by atoms with van der Waals surface area (Å²) in [5.41, 5.74) is 5.18. The van der Waals surface area contributed by atoms with E-state index in [1.807, 2.05) is 0 Å². The zero-order valence-electron chi connectivity index (χ0n) is 4.39. The molecule has 0 spiro atoms. The van der Waals surface area contributed by atoms with Crippen molar-refractivity contribution in [3.05, 3.63) is 11.6 Å². The quantitative estimate of drug-likeness (QED) is 0.162. The first-order valence-corrected chi connectivity index (χ1v) is 1.94.